The number of carbonyl (C=O) groups is 1. The largest absolute Gasteiger partial charge is 0.382 e. The molecule has 0 saturated carbocycles. The molecule has 68 valence electrons. The van der Waals surface area contributed by atoms with Crippen molar-refractivity contribution in [2.24, 2.45) is 0 Å². The minimum atomic E-state index is -1.18. The van der Waals surface area contributed by atoms with Crippen LogP contribution in [0.25, 0.3) is 0 Å². The van der Waals surface area contributed by atoms with Crippen molar-refractivity contribution in [1.82, 2.24) is 0 Å². The normalized spacial score (nSPS) is 41.8. The van der Waals surface area contributed by atoms with Gasteiger partial charge in [0.1, 0.15) is 5.60 Å². The van der Waals surface area contributed by atoms with Gasteiger partial charge in [-0.3, -0.25) is 4.79 Å². The van der Waals surface area contributed by atoms with Crippen LogP contribution < -0.4 is 0 Å². The Hall–Kier alpha value is -0.670. The van der Waals surface area contributed by atoms with Crippen molar-refractivity contribution >= 4 is 5.78 Å². The summed E-state index contributed by atoms with van der Waals surface area (Å²) in [4.78, 5) is 11.4. The first-order chi connectivity index (χ1) is 5.36. The molecule has 1 rings (SSSR count). The van der Waals surface area contributed by atoms with Gasteiger partial charge in [0.05, 0.1) is 0 Å². The van der Waals surface area contributed by atoms with E-state index >= 15 is 0 Å². The van der Waals surface area contributed by atoms with Gasteiger partial charge >= 0.3 is 0 Å². The molecule has 12 heavy (non-hydrogen) atoms. The lowest BCUT2D eigenvalue weighted by Crippen LogP contribution is -2.52. The van der Waals surface area contributed by atoms with E-state index in [9.17, 15) is 9.90 Å². The van der Waals surface area contributed by atoms with Crippen molar-refractivity contribution in [2.75, 3.05) is 7.11 Å². The molecule has 0 fully saturated rings. The minimum Gasteiger partial charge on any atom is -0.382 e. The average Bonchev–Trinajstić information content (AvgIpc) is 2.14. The quantitative estimate of drug-likeness (QED) is 0.629. The Morgan fingerprint density at radius 1 is 1.50 bits per heavy atom. The first kappa shape index (κ1) is 9.42. The summed E-state index contributed by atoms with van der Waals surface area (Å²) in [5, 5.41) is 9.94. The number of ether oxygens (including phenoxy) is 1. The van der Waals surface area contributed by atoms with Crippen molar-refractivity contribution < 1.29 is 14.6 Å². The molecule has 0 aliphatic heterocycles. The van der Waals surface area contributed by atoms with E-state index in [1.165, 1.54) is 13.2 Å². The molecule has 0 aromatic carbocycles. The van der Waals surface area contributed by atoms with E-state index in [0.29, 0.717) is 5.57 Å². The van der Waals surface area contributed by atoms with Crippen molar-refractivity contribution in [3.63, 3.8) is 0 Å². The van der Waals surface area contributed by atoms with Crippen LogP contribution in [0.2, 0.25) is 0 Å². The molecule has 2 unspecified atom stereocenters. The maximum absolute atomic E-state index is 11.4. The van der Waals surface area contributed by atoms with Crippen LogP contribution in [0.15, 0.2) is 11.6 Å². The molecule has 0 spiro atoms. The van der Waals surface area contributed by atoms with Gasteiger partial charge in [-0.15, -0.1) is 0 Å². The summed E-state index contributed by atoms with van der Waals surface area (Å²) >= 11 is 0. The summed E-state index contributed by atoms with van der Waals surface area (Å²) in [6.45, 7) is 4.91. The lowest BCUT2D eigenvalue weighted by Gasteiger charge is -2.35. The highest BCUT2D eigenvalue weighted by Gasteiger charge is 2.54. The fourth-order valence-corrected chi connectivity index (χ4v) is 1.39. The summed E-state index contributed by atoms with van der Waals surface area (Å²) < 4.78 is 5.04. The zero-order chi connectivity index (χ0) is 9.57. The van der Waals surface area contributed by atoms with Gasteiger partial charge < -0.3 is 9.84 Å². The molecule has 1 N–H and O–H groups in total. The van der Waals surface area contributed by atoms with Crippen molar-refractivity contribution in [2.45, 2.75) is 32.0 Å². The molecule has 0 radical (unpaired) electrons. The van der Waals surface area contributed by atoms with E-state index < -0.39 is 11.2 Å². The van der Waals surface area contributed by atoms with Crippen molar-refractivity contribution in [3.8, 4) is 0 Å². The molecular formula is C9H14O3. The maximum atomic E-state index is 11.4. The van der Waals surface area contributed by atoms with Crippen LogP contribution in [0.5, 0.6) is 0 Å². The highest BCUT2D eigenvalue weighted by molar-refractivity contribution is 6.02. The second kappa shape index (κ2) is 2.41. The predicted molar refractivity (Wildman–Crippen MR) is 44.8 cm³/mol. The second-order valence-electron chi connectivity index (χ2n) is 3.50. The van der Waals surface area contributed by atoms with Gasteiger partial charge in [-0.05, 0) is 32.4 Å². The molecule has 0 aromatic heterocycles. The van der Waals surface area contributed by atoms with E-state index in [1.807, 2.05) is 0 Å². The molecule has 3 nitrogen and oxygen atoms in total. The van der Waals surface area contributed by atoms with Gasteiger partial charge in [-0.25, -0.2) is 0 Å². The molecule has 1 aliphatic rings. The Kier molecular flexibility index (Phi) is 1.89. The summed E-state index contributed by atoms with van der Waals surface area (Å²) in [5.41, 5.74) is -1.65. The van der Waals surface area contributed by atoms with Gasteiger partial charge in [0.2, 0.25) is 0 Å². The lowest BCUT2D eigenvalue weighted by atomic mass is 9.85. The Bertz CT molecular complexity index is 252. The van der Waals surface area contributed by atoms with E-state index in [-0.39, 0.29) is 5.78 Å². The average molecular weight is 170 g/mol. The summed E-state index contributed by atoms with van der Waals surface area (Å²) in [5.74, 6) is -0.174. The lowest BCUT2D eigenvalue weighted by molar-refractivity contribution is -0.155. The molecule has 0 amide bonds. The maximum Gasteiger partial charge on any atom is 0.190 e. The first-order valence-corrected chi connectivity index (χ1v) is 3.87. The van der Waals surface area contributed by atoms with Crippen LogP contribution in [-0.4, -0.2) is 29.2 Å². The third-order valence-electron chi connectivity index (χ3n) is 2.92. The highest BCUT2D eigenvalue weighted by atomic mass is 16.5. The number of carbonyl (C=O) groups excluding carboxylic acids is 1. The number of rotatable bonds is 1. The Balaban J connectivity index is 3.16. The number of methoxy groups -OCH3 is 1. The second-order valence-corrected chi connectivity index (χ2v) is 3.50. The van der Waals surface area contributed by atoms with E-state index in [4.69, 9.17) is 4.74 Å². The zero-order valence-electron chi connectivity index (χ0n) is 7.84. The molecule has 0 saturated heterocycles. The third kappa shape index (κ3) is 0.867. The van der Waals surface area contributed by atoms with Gasteiger partial charge in [0, 0.05) is 7.11 Å². The fraction of sp³-hybridized carbons (Fsp3) is 0.667. The smallest absolute Gasteiger partial charge is 0.190 e. The predicted octanol–water partition coefficient (Wildman–Crippen LogP) is 0.671. The topological polar surface area (TPSA) is 46.5 Å². The van der Waals surface area contributed by atoms with Gasteiger partial charge in [0.25, 0.3) is 0 Å². The van der Waals surface area contributed by atoms with E-state index in [1.54, 1.807) is 20.8 Å². The van der Waals surface area contributed by atoms with Crippen LogP contribution in [0.1, 0.15) is 20.8 Å². The number of hydrogen-bond acceptors (Lipinski definition) is 3. The monoisotopic (exact) mass is 170 g/mol. The first-order valence-electron chi connectivity index (χ1n) is 3.87. The Morgan fingerprint density at radius 2 is 2.00 bits per heavy atom. The number of ketones is 1. The van der Waals surface area contributed by atoms with Crippen LogP contribution >= 0.6 is 0 Å². The third-order valence-corrected chi connectivity index (χ3v) is 2.92. The van der Waals surface area contributed by atoms with Crippen LogP contribution in [0.3, 0.4) is 0 Å². The number of aliphatic hydroxyl groups is 1. The van der Waals surface area contributed by atoms with E-state index in [2.05, 4.69) is 0 Å². The molecule has 0 heterocycles. The molecule has 1 aliphatic carbocycles. The molecule has 3 heteroatoms. The van der Waals surface area contributed by atoms with Gasteiger partial charge in [0.15, 0.2) is 11.4 Å². The van der Waals surface area contributed by atoms with Crippen LogP contribution in [0, 0.1) is 0 Å². The summed E-state index contributed by atoms with van der Waals surface area (Å²) in [7, 11) is 1.43. The van der Waals surface area contributed by atoms with Crippen molar-refractivity contribution in [3.05, 3.63) is 11.6 Å². The Labute approximate surface area is 72.0 Å². The minimum absolute atomic E-state index is 0.174. The Morgan fingerprint density at radius 3 is 2.17 bits per heavy atom. The van der Waals surface area contributed by atoms with Crippen molar-refractivity contribution in [1.29, 1.82) is 0 Å². The van der Waals surface area contributed by atoms with Gasteiger partial charge in [-0.1, -0.05) is 0 Å². The molecule has 2 atom stereocenters. The molecular weight excluding hydrogens is 156 g/mol. The standard InChI is InChI=1S/C9H14O3/c1-6-5-7(10)9(3,12-4)8(6,2)11/h5,11H,1-4H3. The SMILES string of the molecule is COC1(C)C(=O)C=C(C)C1(C)O. The van der Waals surface area contributed by atoms with Crippen LogP contribution in [0.4, 0.5) is 0 Å². The molecule has 0 bridgehead atoms. The summed E-state index contributed by atoms with van der Waals surface area (Å²) in [6.07, 6.45) is 1.43. The van der Waals surface area contributed by atoms with E-state index in [0.717, 1.165) is 0 Å². The summed E-state index contributed by atoms with van der Waals surface area (Å²) in [6, 6.07) is 0. The molecule has 0 aromatic rings. The number of hydrogen-bond donors (Lipinski definition) is 1. The van der Waals surface area contributed by atoms with Crippen LogP contribution in [-0.2, 0) is 9.53 Å². The zero-order valence-corrected chi connectivity index (χ0v) is 7.84. The fourth-order valence-electron chi connectivity index (χ4n) is 1.39. The highest BCUT2D eigenvalue weighted by Crippen LogP contribution is 2.38. The van der Waals surface area contributed by atoms with Gasteiger partial charge in [-0.2, -0.15) is 0 Å².